The van der Waals surface area contributed by atoms with Crippen LogP contribution in [-0.2, 0) is 35.2 Å². The molecule has 0 aliphatic carbocycles. The number of hydrogen-bond donors (Lipinski definition) is 4. The Bertz CT molecular complexity index is 1730. The number of carbonyl (C=O) groups is 4. The Morgan fingerprint density at radius 3 is 2.18 bits per heavy atom. The van der Waals surface area contributed by atoms with Crippen molar-refractivity contribution in [2.75, 3.05) is 35.8 Å². The maximum absolute atomic E-state index is 13.0. The van der Waals surface area contributed by atoms with E-state index in [2.05, 4.69) is 10.6 Å². The van der Waals surface area contributed by atoms with Gasteiger partial charge >= 0.3 is 24.1 Å². The average molecular weight is 720 g/mol. The van der Waals surface area contributed by atoms with Gasteiger partial charge in [-0.05, 0) is 68.1 Å². The van der Waals surface area contributed by atoms with Gasteiger partial charge in [0.25, 0.3) is 10.1 Å². The summed E-state index contributed by atoms with van der Waals surface area (Å²) < 4.78 is 41.9. The zero-order chi connectivity index (χ0) is 36.1. The molecule has 3 aromatic rings. The second-order valence-corrected chi connectivity index (χ2v) is 12.8. The molecule has 0 aliphatic heterocycles. The number of halogens is 1. The Kier molecular flexibility index (Phi) is 14.2. The number of carbonyl (C=O) groups excluding carboxylic acids is 2. The standard InChI is InChI=1S/C33H38ClN3O11S/c1-21-18-22(2)30(23(3)19-21)49(44,45)47-17-16-37(15-14-34)28-7-5-4-6-26(28)35-32(42)46-20-24-8-10-25(11-9-24)48-33(43)36-27(31(40)41)12-13-29(38)39/h4-11,18-19,27H,12-17,20H2,1-3H3,(H,35,42)(H,36,43)(H,38,39)(H,40,41)/t27-/m0/s1. The van der Waals surface area contributed by atoms with Gasteiger partial charge in [0.05, 0.1) is 22.9 Å². The van der Waals surface area contributed by atoms with Crippen molar-refractivity contribution in [2.45, 2.75) is 51.2 Å². The molecule has 0 bridgehead atoms. The highest BCUT2D eigenvalue weighted by atomic mass is 35.5. The topological polar surface area (TPSA) is 198 Å². The number of amides is 2. The molecule has 3 aromatic carbocycles. The van der Waals surface area contributed by atoms with E-state index in [0.29, 0.717) is 34.6 Å². The minimum atomic E-state index is -4.03. The predicted molar refractivity (Wildman–Crippen MR) is 181 cm³/mol. The summed E-state index contributed by atoms with van der Waals surface area (Å²) in [5.74, 6) is -2.32. The zero-order valence-corrected chi connectivity index (χ0v) is 28.7. The summed E-state index contributed by atoms with van der Waals surface area (Å²) in [5.41, 5.74) is 3.64. The van der Waals surface area contributed by atoms with Crippen LogP contribution in [0.4, 0.5) is 21.0 Å². The number of aliphatic carboxylic acids is 2. The Morgan fingerprint density at radius 2 is 1.57 bits per heavy atom. The monoisotopic (exact) mass is 719 g/mol. The van der Waals surface area contributed by atoms with Crippen LogP contribution in [0.3, 0.4) is 0 Å². The first-order valence-corrected chi connectivity index (χ1v) is 17.0. The van der Waals surface area contributed by atoms with Crippen LogP contribution in [0.5, 0.6) is 5.75 Å². The van der Waals surface area contributed by atoms with E-state index in [1.165, 1.54) is 24.3 Å². The van der Waals surface area contributed by atoms with E-state index in [-0.39, 0.29) is 42.7 Å². The van der Waals surface area contributed by atoms with Crippen LogP contribution in [0.2, 0.25) is 0 Å². The predicted octanol–water partition coefficient (Wildman–Crippen LogP) is 5.22. The number of benzene rings is 3. The van der Waals surface area contributed by atoms with Crippen molar-refractivity contribution < 1.29 is 51.5 Å². The van der Waals surface area contributed by atoms with Crippen molar-refractivity contribution >= 4 is 57.2 Å². The molecule has 2 amide bonds. The molecule has 0 saturated carbocycles. The Hall–Kier alpha value is -4.86. The van der Waals surface area contributed by atoms with Crippen LogP contribution >= 0.6 is 11.6 Å². The van der Waals surface area contributed by atoms with E-state index in [0.717, 1.165) is 5.56 Å². The number of nitrogens with one attached hydrogen (secondary N) is 2. The summed E-state index contributed by atoms with van der Waals surface area (Å²) in [6.45, 7) is 5.48. The fourth-order valence-corrected chi connectivity index (χ4v) is 6.46. The fraction of sp³-hybridized carbons (Fsp3) is 0.333. The number of carboxylic acids is 2. The Balaban J connectivity index is 1.57. The van der Waals surface area contributed by atoms with E-state index in [4.69, 9.17) is 30.4 Å². The minimum absolute atomic E-state index is 0.0716. The molecule has 14 nitrogen and oxygen atoms in total. The molecule has 0 saturated heterocycles. The van der Waals surface area contributed by atoms with Crippen LogP contribution in [0.15, 0.2) is 65.6 Å². The van der Waals surface area contributed by atoms with Gasteiger partial charge in [0.2, 0.25) is 0 Å². The van der Waals surface area contributed by atoms with E-state index >= 15 is 0 Å². The van der Waals surface area contributed by atoms with Gasteiger partial charge in [0.1, 0.15) is 18.4 Å². The molecular weight excluding hydrogens is 682 g/mol. The highest BCUT2D eigenvalue weighted by Gasteiger charge is 2.23. The Labute approximate surface area is 289 Å². The van der Waals surface area contributed by atoms with Gasteiger partial charge in [0.15, 0.2) is 0 Å². The lowest BCUT2D eigenvalue weighted by atomic mass is 10.1. The molecule has 0 radical (unpaired) electrons. The third kappa shape index (κ3) is 12.0. The van der Waals surface area contributed by atoms with Gasteiger partial charge in [-0.15, -0.1) is 11.6 Å². The number of rotatable bonds is 17. The van der Waals surface area contributed by atoms with Gasteiger partial charge in [-0.1, -0.05) is 42.0 Å². The zero-order valence-electron chi connectivity index (χ0n) is 27.1. The molecule has 0 heterocycles. The van der Waals surface area contributed by atoms with Gasteiger partial charge in [-0.25, -0.2) is 14.4 Å². The highest BCUT2D eigenvalue weighted by molar-refractivity contribution is 7.86. The Morgan fingerprint density at radius 1 is 0.918 bits per heavy atom. The molecule has 0 aliphatic rings. The third-order valence-electron chi connectivity index (χ3n) is 7.03. The molecule has 1 atom stereocenters. The van der Waals surface area contributed by atoms with E-state index < -0.39 is 46.7 Å². The SMILES string of the molecule is Cc1cc(C)c(S(=O)(=O)OCCN(CCCl)c2ccccc2NC(=O)OCc2ccc(OC(=O)N[C@@H](CCC(=O)O)C(=O)O)cc2)c(C)c1. The molecule has 4 N–H and O–H groups in total. The number of hydrogen-bond acceptors (Lipinski definition) is 10. The summed E-state index contributed by atoms with van der Waals surface area (Å²) in [6, 6.07) is 14.9. The summed E-state index contributed by atoms with van der Waals surface area (Å²) in [4.78, 5) is 48.7. The lowest BCUT2D eigenvalue weighted by Gasteiger charge is -2.26. The molecular formula is C33H38ClN3O11S. The molecule has 3 rings (SSSR count). The van der Waals surface area contributed by atoms with Crippen molar-refractivity contribution in [1.29, 1.82) is 0 Å². The largest absolute Gasteiger partial charge is 0.481 e. The van der Waals surface area contributed by atoms with Crippen LogP contribution in [0.1, 0.15) is 35.1 Å². The first-order valence-electron chi connectivity index (χ1n) is 15.0. The molecule has 0 fully saturated rings. The van der Waals surface area contributed by atoms with Crippen LogP contribution in [0.25, 0.3) is 0 Å². The number of anilines is 2. The number of para-hydroxylation sites is 2. The molecule has 0 aromatic heterocycles. The second kappa shape index (κ2) is 18.1. The van der Waals surface area contributed by atoms with E-state index in [9.17, 15) is 32.7 Å². The van der Waals surface area contributed by atoms with Crippen molar-refractivity contribution in [3.63, 3.8) is 0 Å². The quantitative estimate of drug-likeness (QED) is 0.105. The van der Waals surface area contributed by atoms with Crippen LogP contribution in [-0.4, -0.2) is 74.4 Å². The summed E-state index contributed by atoms with van der Waals surface area (Å²) >= 11 is 6.05. The van der Waals surface area contributed by atoms with Crippen molar-refractivity contribution in [1.82, 2.24) is 5.32 Å². The van der Waals surface area contributed by atoms with Crippen molar-refractivity contribution in [2.24, 2.45) is 0 Å². The summed E-state index contributed by atoms with van der Waals surface area (Å²) in [7, 11) is -4.03. The first-order chi connectivity index (χ1) is 23.2. The molecule has 49 heavy (non-hydrogen) atoms. The van der Waals surface area contributed by atoms with Crippen LogP contribution in [0, 0.1) is 20.8 Å². The lowest BCUT2D eigenvalue weighted by molar-refractivity contribution is -0.140. The number of nitrogens with zero attached hydrogens (tertiary/aromatic N) is 1. The van der Waals surface area contributed by atoms with Crippen LogP contribution < -0.4 is 20.3 Å². The van der Waals surface area contributed by atoms with Crippen molar-refractivity contribution in [3.05, 3.63) is 82.9 Å². The second-order valence-electron chi connectivity index (χ2n) is 10.9. The number of ether oxygens (including phenoxy) is 2. The van der Waals surface area contributed by atoms with E-state index in [1.54, 1.807) is 55.1 Å². The van der Waals surface area contributed by atoms with Gasteiger partial charge in [0, 0.05) is 25.4 Å². The van der Waals surface area contributed by atoms with Gasteiger partial charge in [-0.2, -0.15) is 8.42 Å². The third-order valence-corrected chi connectivity index (χ3v) is 8.82. The summed E-state index contributed by atoms with van der Waals surface area (Å²) in [5, 5.41) is 22.7. The first kappa shape index (κ1) is 38.6. The molecule has 16 heteroatoms. The average Bonchev–Trinajstić information content (AvgIpc) is 3.01. The fourth-order valence-electron chi connectivity index (χ4n) is 4.94. The molecule has 264 valence electrons. The smallest absolute Gasteiger partial charge is 0.413 e. The van der Waals surface area contributed by atoms with Crippen molar-refractivity contribution in [3.8, 4) is 5.75 Å². The van der Waals surface area contributed by atoms with Gasteiger partial charge in [-0.3, -0.25) is 14.3 Å². The number of alkyl halides is 1. The molecule has 0 unspecified atom stereocenters. The maximum Gasteiger partial charge on any atom is 0.413 e. The lowest BCUT2D eigenvalue weighted by Crippen LogP contribution is -2.42. The van der Waals surface area contributed by atoms with E-state index in [1.807, 2.05) is 6.92 Å². The minimum Gasteiger partial charge on any atom is -0.481 e. The normalized spacial score (nSPS) is 11.7. The number of carboxylic acid groups (broad SMARTS) is 2. The molecule has 0 spiro atoms. The summed E-state index contributed by atoms with van der Waals surface area (Å²) in [6.07, 6.45) is -2.62. The van der Waals surface area contributed by atoms with Gasteiger partial charge < -0.3 is 29.9 Å². The highest BCUT2D eigenvalue weighted by Crippen LogP contribution is 2.27. The number of aryl methyl sites for hydroxylation is 3. The maximum atomic E-state index is 13.0.